The summed E-state index contributed by atoms with van der Waals surface area (Å²) in [5.74, 6) is 2.71. The average molecular weight is 315 g/mol. The lowest BCUT2D eigenvalue weighted by Crippen LogP contribution is -2.16. The lowest BCUT2D eigenvalue weighted by molar-refractivity contribution is 0.333. The number of nitrogens with two attached hydrogens (primary N) is 1. The normalized spacial score (nSPS) is 11.8. The summed E-state index contributed by atoms with van der Waals surface area (Å²) in [5.41, 5.74) is 8.26. The van der Waals surface area contributed by atoms with Gasteiger partial charge >= 0.3 is 0 Å². The minimum atomic E-state index is 0.152. The second kappa shape index (κ2) is 8.44. The van der Waals surface area contributed by atoms with Crippen LogP contribution < -0.4 is 19.9 Å². The van der Waals surface area contributed by atoms with Gasteiger partial charge in [0.15, 0.2) is 0 Å². The maximum Gasteiger partial charge on any atom is 0.122 e. The quantitative estimate of drug-likeness (QED) is 0.811. The van der Waals surface area contributed by atoms with Gasteiger partial charge in [-0.3, -0.25) is 0 Å². The standard InChI is InChI=1S/C19H25NO3/c1-4-23-19-8-6-5-7-17(19)15(13-20)11-14-12-16(21-2)9-10-18(14)22-3/h5-10,12,15H,4,11,13,20H2,1-3H3. The molecule has 2 aromatic rings. The fourth-order valence-corrected chi connectivity index (χ4v) is 2.73. The fourth-order valence-electron chi connectivity index (χ4n) is 2.73. The summed E-state index contributed by atoms with van der Waals surface area (Å²) in [4.78, 5) is 0. The molecule has 4 nitrogen and oxygen atoms in total. The average Bonchev–Trinajstić information content (AvgIpc) is 2.60. The molecule has 0 radical (unpaired) electrons. The van der Waals surface area contributed by atoms with Gasteiger partial charge in [0.05, 0.1) is 20.8 Å². The molecule has 2 N–H and O–H groups in total. The van der Waals surface area contributed by atoms with Gasteiger partial charge in [-0.15, -0.1) is 0 Å². The highest BCUT2D eigenvalue weighted by Crippen LogP contribution is 2.33. The Balaban J connectivity index is 2.33. The van der Waals surface area contributed by atoms with Crippen molar-refractivity contribution in [1.29, 1.82) is 0 Å². The van der Waals surface area contributed by atoms with Crippen molar-refractivity contribution in [2.45, 2.75) is 19.3 Å². The van der Waals surface area contributed by atoms with E-state index >= 15 is 0 Å². The van der Waals surface area contributed by atoms with Crippen molar-refractivity contribution in [3.8, 4) is 17.2 Å². The van der Waals surface area contributed by atoms with Crippen molar-refractivity contribution in [3.05, 3.63) is 53.6 Å². The van der Waals surface area contributed by atoms with Crippen LogP contribution in [0.1, 0.15) is 24.0 Å². The van der Waals surface area contributed by atoms with Crippen molar-refractivity contribution in [1.82, 2.24) is 0 Å². The van der Waals surface area contributed by atoms with Gasteiger partial charge in [-0.25, -0.2) is 0 Å². The van der Waals surface area contributed by atoms with Gasteiger partial charge in [-0.2, -0.15) is 0 Å². The van der Waals surface area contributed by atoms with Gasteiger partial charge in [-0.05, 0) is 55.3 Å². The summed E-state index contributed by atoms with van der Waals surface area (Å²) in [6.45, 7) is 3.15. The maximum atomic E-state index is 6.05. The van der Waals surface area contributed by atoms with E-state index in [-0.39, 0.29) is 5.92 Å². The van der Waals surface area contributed by atoms with Crippen molar-refractivity contribution in [3.63, 3.8) is 0 Å². The molecule has 0 bridgehead atoms. The largest absolute Gasteiger partial charge is 0.497 e. The highest BCUT2D eigenvalue weighted by Gasteiger charge is 2.18. The molecule has 23 heavy (non-hydrogen) atoms. The number of rotatable bonds is 8. The molecule has 0 aromatic heterocycles. The van der Waals surface area contributed by atoms with E-state index in [9.17, 15) is 0 Å². The van der Waals surface area contributed by atoms with Crippen LogP contribution in [-0.2, 0) is 6.42 Å². The Morgan fingerprint density at radius 2 is 1.78 bits per heavy atom. The predicted octanol–water partition coefficient (Wildman–Crippen LogP) is 3.39. The van der Waals surface area contributed by atoms with Crippen LogP contribution >= 0.6 is 0 Å². The van der Waals surface area contributed by atoms with Gasteiger partial charge in [0.25, 0.3) is 0 Å². The summed E-state index contributed by atoms with van der Waals surface area (Å²) in [6, 6.07) is 13.9. The molecule has 2 rings (SSSR count). The molecule has 0 amide bonds. The van der Waals surface area contributed by atoms with E-state index in [1.54, 1.807) is 14.2 Å². The second-order valence-corrected chi connectivity index (χ2v) is 5.29. The molecule has 1 unspecified atom stereocenters. The Hall–Kier alpha value is -2.20. The zero-order valence-electron chi connectivity index (χ0n) is 14.0. The highest BCUT2D eigenvalue weighted by molar-refractivity contribution is 5.43. The topological polar surface area (TPSA) is 53.7 Å². The second-order valence-electron chi connectivity index (χ2n) is 5.29. The molecule has 0 heterocycles. The molecule has 0 spiro atoms. The van der Waals surface area contributed by atoms with Crippen molar-refractivity contribution >= 4 is 0 Å². The fraction of sp³-hybridized carbons (Fsp3) is 0.368. The first-order valence-electron chi connectivity index (χ1n) is 7.86. The number of hydrogen-bond donors (Lipinski definition) is 1. The summed E-state index contributed by atoms with van der Waals surface area (Å²) in [6.07, 6.45) is 0.765. The Bertz CT molecular complexity index is 628. The summed E-state index contributed by atoms with van der Waals surface area (Å²) < 4.78 is 16.5. The van der Waals surface area contributed by atoms with Crippen LogP contribution in [0, 0.1) is 0 Å². The van der Waals surface area contributed by atoms with E-state index in [1.807, 2.05) is 43.3 Å². The Kier molecular flexibility index (Phi) is 6.29. The van der Waals surface area contributed by atoms with E-state index in [0.717, 1.165) is 34.8 Å². The first kappa shape index (κ1) is 17.2. The number of hydrogen-bond acceptors (Lipinski definition) is 4. The lowest BCUT2D eigenvalue weighted by atomic mass is 9.91. The number of methoxy groups -OCH3 is 2. The third kappa shape index (κ3) is 4.17. The minimum absolute atomic E-state index is 0.152. The van der Waals surface area contributed by atoms with Crippen LogP contribution in [-0.4, -0.2) is 27.4 Å². The SMILES string of the molecule is CCOc1ccccc1C(CN)Cc1cc(OC)ccc1OC. The molecular formula is C19H25NO3. The first-order valence-corrected chi connectivity index (χ1v) is 7.86. The molecule has 1 atom stereocenters. The van der Waals surface area contributed by atoms with Crippen LogP contribution in [0.5, 0.6) is 17.2 Å². The van der Waals surface area contributed by atoms with E-state index in [2.05, 4.69) is 6.07 Å². The molecule has 2 aromatic carbocycles. The number of ether oxygens (including phenoxy) is 3. The number of benzene rings is 2. The third-order valence-electron chi connectivity index (χ3n) is 3.90. The molecule has 0 aliphatic carbocycles. The van der Waals surface area contributed by atoms with Crippen LogP contribution in [0.15, 0.2) is 42.5 Å². The van der Waals surface area contributed by atoms with Crippen LogP contribution in [0.4, 0.5) is 0 Å². The summed E-state index contributed by atoms with van der Waals surface area (Å²) >= 11 is 0. The van der Waals surface area contributed by atoms with E-state index in [0.29, 0.717) is 13.2 Å². The molecular weight excluding hydrogens is 290 g/mol. The van der Waals surface area contributed by atoms with Gasteiger partial charge < -0.3 is 19.9 Å². The van der Waals surface area contributed by atoms with Crippen molar-refractivity contribution in [2.24, 2.45) is 5.73 Å². The minimum Gasteiger partial charge on any atom is -0.497 e. The van der Waals surface area contributed by atoms with Crippen LogP contribution in [0.2, 0.25) is 0 Å². The van der Waals surface area contributed by atoms with Gasteiger partial charge in [0, 0.05) is 5.92 Å². The van der Waals surface area contributed by atoms with Gasteiger partial charge in [0.1, 0.15) is 17.2 Å². The molecule has 0 fully saturated rings. The molecule has 0 saturated heterocycles. The Labute approximate surface area is 138 Å². The zero-order chi connectivity index (χ0) is 16.7. The maximum absolute atomic E-state index is 6.05. The Morgan fingerprint density at radius 1 is 1.00 bits per heavy atom. The Morgan fingerprint density at radius 3 is 2.43 bits per heavy atom. The van der Waals surface area contributed by atoms with E-state index in [4.69, 9.17) is 19.9 Å². The monoisotopic (exact) mass is 315 g/mol. The van der Waals surface area contributed by atoms with Gasteiger partial charge in [-0.1, -0.05) is 18.2 Å². The van der Waals surface area contributed by atoms with Crippen molar-refractivity contribution in [2.75, 3.05) is 27.4 Å². The van der Waals surface area contributed by atoms with Crippen molar-refractivity contribution < 1.29 is 14.2 Å². The molecule has 124 valence electrons. The van der Waals surface area contributed by atoms with Gasteiger partial charge in [0.2, 0.25) is 0 Å². The number of para-hydroxylation sites is 1. The highest BCUT2D eigenvalue weighted by atomic mass is 16.5. The van der Waals surface area contributed by atoms with E-state index in [1.165, 1.54) is 0 Å². The first-order chi connectivity index (χ1) is 11.2. The lowest BCUT2D eigenvalue weighted by Gasteiger charge is -2.20. The molecule has 0 aliphatic heterocycles. The van der Waals surface area contributed by atoms with Crippen LogP contribution in [0.25, 0.3) is 0 Å². The smallest absolute Gasteiger partial charge is 0.122 e. The van der Waals surface area contributed by atoms with E-state index < -0.39 is 0 Å². The summed E-state index contributed by atoms with van der Waals surface area (Å²) in [5, 5.41) is 0. The molecule has 0 saturated carbocycles. The third-order valence-corrected chi connectivity index (χ3v) is 3.90. The van der Waals surface area contributed by atoms with Crippen LogP contribution in [0.3, 0.4) is 0 Å². The molecule has 0 aliphatic rings. The zero-order valence-corrected chi connectivity index (χ0v) is 14.0. The summed E-state index contributed by atoms with van der Waals surface area (Å²) in [7, 11) is 3.34. The predicted molar refractivity (Wildman–Crippen MR) is 92.7 cm³/mol. The molecule has 4 heteroatoms.